The van der Waals surface area contributed by atoms with Gasteiger partial charge in [0.2, 0.25) is 0 Å². The first-order chi connectivity index (χ1) is 11.1. The lowest BCUT2D eigenvalue weighted by molar-refractivity contribution is 0.191. The second-order valence-corrected chi connectivity index (χ2v) is 5.38. The number of pyridine rings is 1. The number of anilines is 2. The average Bonchev–Trinajstić information content (AvgIpc) is 2.50. The first-order valence-corrected chi connectivity index (χ1v) is 7.20. The van der Waals surface area contributed by atoms with Gasteiger partial charge in [-0.15, -0.1) is 0 Å². The van der Waals surface area contributed by atoms with Crippen LogP contribution in [0.4, 0.5) is 25.1 Å². The third kappa shape index (κ3) is 3.08. The highest BCUT2D eigenvalue weighted by Gasteiger charge is 2.33. The standard InChI is InChI=1S/C16H16F2N4O/c1-21(11-9-22(10-11)14-7-2-3-8-19-14)16(23)20-15-12(17)5-4-6-13(15)18/h2-8,11H,9-10H2,1H3,(H,20,23). The third-order valence-electron chi connectivity index (χ3n) is 3.90. The molecule has 2 heterocycles. The molecule has 0 saturated carbocycles. The summed E-state index contributed by atoms with van der Waals surface area (Å²) >= 11 is 0. The number of carbonyl (C=O) groups is 1. The fraction of sp³-hybridized carbons (Fsp3) is 0.250. The van der Waals surface area contributed by atoms with Crippen molar-refractivity contribution in [3.63, 3.8) is 0 Å². The zero-order valence-corrected chi connectivity index (χ0v) is 12.5. The highest BCUT2D eigenvalue weighted by molar-refractivity contribution is 5.89. The summed E-state index contributed by atoms with van der Waals surface area (Å²) in [5.41, 5.74) is -0.426. The minimum atomic E-state index is -0.796. The molecule has 3 rings (SSSR count). The fourth-order valence-electron chi connectivity index (χ4n) is 2.41. The van der Waals surface area contributed by atoms with Crippen LogP contribution in [0.3, 0.4) is 0 Å². The van der Waals surface area contributed by atoms with Crippen molar-refractivity contribution < 1.29 is 13.6 Å². The maximum Gasteiger partial charge on any atom is 0.322 e. The molecule has 0 atom stereocenters. The fourth-order valence-corrected chi connectivity index (χ4v) is 2.41. The van der Waals surface area contributed by atoms with Crippen LogP contribution in [0.2, 0.25) is 0 Å². The Morgan fingerprint density at radius 1 is 1.22 bits per heavy atom. The SMILES string of the molecule is CN(C(=O)Nc1c(F)cccc1F)C1CN(c2ccccn2)C1. The van der Waals surface area contributed by atoms with E-state index >= 15 is 0 Å². The van der Waals surface area contributed by atoms with E-state index < -0.39 is 23.4 Å². The Balaban J connectivity index is 1.59. The van der Waals surface area contributed by atoms with Crippen molar-refractivity contribution in [2.45, 2.75) is 6.04 Å². The Labute approximate surface area is 132 Å². The Hall–Kier alpha value is -2.70. The van der Waals surface area contributed by atoms with Crippen LogP contribution in [-0.4, -0.2) is 42.1 Å². The van der Waals surface area contributed by atoms with E-state index in [2.05, 4.69) is 10.3 Å². The van der Waals surface area contributed by atoms with E-state index in [0.717, 1.165) is 18.0 Å². The van der Waals surface area contributed by atoms with Crippen LogP contribution >= 0.6 is 0 Å². The lowest BCUT2D eigenvalue weighted by Gasteiger charge is -2.44. The number of likely N-dealkylation sites (N-methyl/N-ethyl adjacent to an activating group) is 1. The Morgan fingerprint density at radius 2 is 1.91 bits per heavy atom. The van der Waals surface area contributed by atoms with Gasteiger partial charge in [-0.1, -0.05) is 12.1 Å². The van der Waals surface area contributed by atoms with E-state index in [9.17, 15) is 13.6 Å². The predicted molar refractivity (Wildman–Crippen MR) is 83.4 cm³/mol. The van der Waals surface area contributed by atoms with Crippen molar-refractivity contribution in [1.29, 1.82) is 0 Å². The van der Waals surface area contributed by atoms with Gasteiger partial charge in [-0.3, -0.25) is 0 Å². The number of amides is 2. The molecule has 0 radical (unpaired) electrons. The first-order valence-electron chi connectivity index (χ1n) is 7.20. The molecule has 1 saturated heterocycles. The van der Waals surface area contributed by atoms with Gasteiger partial charge in [-0.05, 0) is 24.3 Å². The summed E-state index contributed by atoms with van der Waals surface area (Å²) < 4.78 is 27.1. The van der Waals surface area contributed by atoms with Gasteiger partial charge in [0.1, 0.15) is 23.1 Å². The smallest absolute Gasteiger partial charge is 0.322 e. The molecule has 5 nitrogen and oxygen atoms in total. The number of hydrogen-bond acceptors (Lipinski definition) is 3. The molecule has 0 aliphatic carbocycles. The van der Waals surface area contributed by atoms with Crippen molar-refractivity contribution >= 4 is 17.5 Å². The largest absolute Gasteiger partial charge is 0.352 e. The third-order valence-corrected chi connectivity index (χ3v) is 3.90. The molecule has 23 heavy (non-hydrogen) atoms. The highest BCUT2D eigenvalue weighted by atomic mass is 19.1. The Bertz CT molecular complexity index is 684. The van der Waals surface area contributed by atoms with Crippen LogP contribution in [0.1, 0.15) is 0 Å². The van der Waals surface area contributed by atoms with E-state index in [1.54, 1.807) is 13.2 Å². The van der Waals surface area contributed by atoms with Gasteiger partial charge in [0.15, 0.2) is 0 Å². The lowest BCUT2D eigenvalue weighted by atomic mass is 10.1. The number of carbonyl (C=O) groups excluding carboxylic acids is 1. The normalized spacial score (nSPS) is 14.3. The quantitative estimate of drug-likeness (QED) is 0.946. The molecule has 1 aromatic carbocycles. The minimum Gasteiger partial charge on any atom is -0.352 e. The van der Waals surface area contributed by atoms with Crippen LogP contribution in [0.25, 0.3) is 0 Å². The predicted octanol–water partition coefficient (Wildman–Crippen LogP) is 2.71. The van der Waals surface area contributed by atoms with Crippen LogP contribution in [0.15, 0.2) is 42.6 Å². The van der Waals surface area contributed by atoms with Gasteiger partial charge in [0.05, 0.1) is 6.04 Å². The molecular formula is C16H16F2N4O. The van der Waals surface area contributed by atoms with Gasteiger partial charge in [-0.2, -0.15) is 0 Å². The molecule has 0 spiro atoms. The molecule has 1 fully saturated rings. The summed E-state index contributed by atoms with van der Waals surface area (Å²) in [4.78, 5) is 19.9. The molecule has 1 N–H and O–H groups in total. The molecule has 7 heteroatoms. The molecule has 0 unspecified atom stereocenters. The van der Waals surface area contributed by atoms with Crippen LogP contribution in [-0.2, 0) is 0 Å². The Morgan fingerprint density at radius 3 is 2.52 bits per heavy atom. The summed E-state index contributed by atoms with van der Waals surface area (Å²) in [6.45, 7) is 1.25. The van der Waals surface area contributed by atoms with Crippen LogP contribution < -0.4 is 10.2 Å². The summed E-state index contributed by atoms with van der Waals surface area (Å²) in [7, 11) is 1.61. The summed E-state index contributed by atoms with van der Waals surface area (Å²) in [5, 5.41) is 2.28. The number of halogens is 2. The molecule has 1 aromatic heterocycles. The molecule has 1 aliphatic rings. The van der Waals surface area contributed by atoms with Gasteiger partial charge in [-0.25, -0.2) is 18.6 Å². The molecule has 0 bridgehead atoms. The molecule has 2 amide bonds. The maximum absolute atomic E-state index is 13.6. The zero-order chi connectivity index (χ0) is 16.4. The monoisotopic (exact) mass is 318 g/mol. The number of nitrogens with one attached hydrogen (secondary N) is 1. The van der Waals surface area contributed by atoms with Crippen LogP contribution in [0, 0.1) is 11.6 Å². The van der Waals surface area contributed by atoms with Crippen molar-refractivity contribution in [3.8, 4) is 0 Å². The average molecular weight is 318 g/mol. The number of para-hydroxylation sites is 1. The topological polar surface area (TPSA) is 48.5 Å². The van der Waals surface area contributed by atoms with E-state index in [0.29, 0.717) is 13.1 Å². The van der Waals surface area contributed by atoms with Gasteiger partial charge >= 0.3 is 6.03 Å². The van der Waals surface area contributed by atoms with Gasteiger partial charge < -0.3 is 15.1 Å². The number of benzene rings is 1. The van der Waals surface area contributed by atoms with Crippen molar-refractivity contribution in [1.82, 2.24) is 9.88 Å². The van der Waals surface area contributed by atoms with Gasteiger partial charge in [0, 0.05) is 26.3 Å². The lowest BCUT2D eigenvalue weighted by Crippen LogP contribution is -2.60. The Kier molecular flexibility index (Phi) is 4.10. The maximum atomic E-state index is 13.6. The van der Waals surface area contributed by atoms with E-state index in [-0.39, 0.29) is 6.04 Å². The summed E-state index contributed by atoms with van der Waals surface area (Å²) in [5.74, 6) is -0.747. The molecular weight excluding hydrogens is 302 g/mol. The van der Waals surface area contributed by atoms with Gasteiger partial charge in [0.25, 0.3) is 0 Å². The van der Waals surface area contributed by atoms with E-state index in [1.165, 1.54) is 11.0 Å². The molecule has 1 aliphatic heterocycles. The highest BCUT2D eigenvalue weighted by Crippen LogP contribution is 2.22. The van der Waals surface area contributed by atoms with Crippen molar-refractivity contribution in [3.05, 3.63) is 54.2 Å². The number of rotatable bonds is 3. The summed E-state index contributed by atoms with van der Waals surface area (Å²) in [6, 6.07) is 8.50. The molecule has 2 aromatic rings. The zero-order valence-electron chi connectivity index (χ0n) is 12.5. The minimum absolute atomic E-state index is 0.0353. The molecule has 120 valence electrons. The number of aromatic nitrogens is 1. The van der Waals surface area contributed by atoms with Crippen LogP contribution in [0.5, 0.6) is 0 Å². The van der Waals surface area contributed by atoms with E-state index in [4.69, 9.17) is 0 Å². The van der Waals surface area contributed by atoms with Crippen molar-refractivity contribution in [2.75, 3.05) is 30.4 Å². The summed E-state index contributed by atoms with van der Waals surface area (Å²) in [6.07, 6.45) is 1.71. The number of nitrogens with zero attached hydrogens (tertiary/aromatic N) is 3. The number of hydrogen-bond donors (Lipinski definition) is 1. The first kappa shape index (κ1) is 15.2. The van der Waals surface area contributed by atoms with E-state index in [1.807, 2.05) is 23.1 Å². The second kappa shape index (κ2) is 6.20. The number of urea groups is 1. The van der Waals surface area contributed by atoms with Crippen molar-refractivity contribution in [2.24, 2.45) is 0 Å². The second-order valence-electron chi connectivity index (χ2n) is 5.38.